The summed E-state index contributed by atoms with van der Waals surface area (Å²) in [7, 11) is 0. The Morgan fingerprint density at radius 2 is 2.38 bits per heavy atom. The number of aromatic nitrogens is 3. The molecule has 0 bridgehead atoms. The number of hydrogen-bond acceptors (Lipinski definition) is 4. The fourth-order valence-electron chi connectivity index (χ4n) is 1.33. The van der Waals surface area contributed by atoms with Crippen LogP contribution in [0.2, 0.25) is 0 Å². The lowest BCUT2D eigenvalue weighted by Crippen LogP contribution is -2.34. The fraction of sp³-hybridized carbons (Fsp3) is 0.750. The fourth-order valence-corrected chi connectivity index (χ4v) is 1.33. The Labute approximate surface area is 77.6 Å². The molecule has 2 atom stereocenters. The minimum absolute atomic E-state index is 0.00449. The molecule has 1 heterocycles. The van der Waals surface area contributed by atoms with E-state index < -0.39 is 0 Å². The van der Waals surface area contributed by atoms with E-state index in [-0.39, 0.29) is 18.7 Å². The van der Waals surface area contributed by atoms with Gasteiger partial charge in [-0.1, -0.05) is 13.3 Å². The number of nitrogens with zero attached hydrogens (tertiary/aromatic N) is 3. The molecule has 2 unspecified atom stereocenters. The van der Waals surface area contributed by atoms with E-state index in [0.717, 1.165) is 12.8 Å². The zero-order valence-electron chi connectivity index (χ0n) is 7.80. The molecule has 0 radical (unpaired) electrons. The van der Waals surface area contributed by atoms with Gasteiger partial charge in [0, 0.05) is 6.04 Å². The predicted molar refractivity (Wildman–Crippen MR) is 49.0 cm³/mol. The molecule has 0 saturated heterocycles. The van der Waals surface area contributed by atoms with E-state index in [4.69, 9.17) is 10.8 Å². The van der Waals surface area contributed by atoms with Crippen molar-refractivity contribution >= 4 is 0 Å². The molecule has 0 aliphatic rings. The second-order valence-electron chi connectivity index (χ2n) is 3.08. The maximum Gasteiger partial charge on any atom is 0.137 e. The summed E-state index contributed by atoms with van der Waals surface area (Å²) in [5.41, 5.74) is 5.88. The molecule has 13 heavy (non-hydrogen) atoms. The van der Waals surface area contributed by atoms with Gasteiger partial charge in [-0.15, -0.1) is 0 Å². The van der Waals surface area contributed by atoms with E-state index in [1.54, 1.807) is 11.0 Å². The Balaban J connectivity index is 2.62. The number of aliphatic hydroxyl groups is 1. The first-order valence-electron chi connectivity index (χ1n) is 4.50. The maximum atomic E-state index is 9.13. The van der Waals surface area contributed by atoms with Gasteiger partial charge in [-0.2, -0.15) is 5.10 Å². The van der Waals surface area contributed by atoms with Gasteiger partial charge in [0.1, 0.15) is 12.7 Å². The van der Waals surface area contributed by atoms with E-state index in [9.17, 15) is 0 Å². The average Bonchev–Trinajstić information content (AvgIpc) is 2.59. The lowest BCUT2D eigenvalue weighted by atomic mass is 10.1. The highest BCUT2D eigenvalue weighted by Gasteiger charge is 2.18. The van der Waals surface area contributed by atoms with Crippen LogP contribution < -0.4 is 5.73 Å². The lowest BCUT2D eigenvalue weighted by Gasteiger charge is -2.21. The van der Waals surface area contributed by atoms with Gasteiger partial charge >= 0.3 is 0 Å². The Bertz CT molecular complexity index is 224. The van der Waals surface area contributed by atoms with Crippen LogP contribution in [0.15, 0.2) is 12.7 Å². The van der Waals surface area contributed by atoms with Crippen LogP contribution in [-0.4, -0.2) is 32.5 Å². The van der Waals surface area contributed by atoms with Crippen LogP contribution in [0.4, 0.5) is 0 Å². The summed E-state index contributed by atoms with van der Waals surface area (Å²) in [6, 6.07) is -0.209. The molecule has 0 aliphatic heterocycles. The first-order valence-corrected chi connectivity index (χ1v) is 4.50. The second-order valence-corrected chi connectivity index (χ2v) is 3.08. The number of rotatable bonds is 5. The zero-order chi connectivity index (χ0) is 9.68. The van der Waals surface area contributed by atoms with Gasteiger partial charge in [0.05, 0.1) is 12.6 Å². The van der Waals surface area contributed by atoms with Gasteiger partial charge in [-0.3, -0.25) is 0 Å². The quantitative estimate of drug-likeness (QED) is 0.672. The summed E-state index contributed by atoms with van der Waals surface area (Å²) in [6.07, 6.45) is 4.91. The van der Waals surface area contributed by atoms with Crippen LogP contribution in [0.3, 0.4) is 0 Å². The van der Waals surface area contributed by atoms with Crippen molar-refractivity contribution in [3.63, 3.8) is 0 Å². The number of hydrogen-bond donors (Lipinski definition) is 2. The Hall–Kier alpha value is -0.940. The normalized spacial score (nSPS) is 15.6. The number of nitrogens with two attached hydrogens (primary N) is 1. The molecule has 1 aromatic rings. The molecule has 0 saturated carbocycles. The van der Waals surface area contributed by atoms with Crippen LogP contribution in [0.1, 0.15) is 25.8 Å². The van der Waals surface area contributed by atoms with E-state index >= 15 is 0 Å². The highest BCUT2D eigenvalue weighted by molar-refractivity contribution is 4.77. The third-order valence-electron chi connectivity index (χ3n) is 2.08. The van der Waals surface area contributed by atoms with E-state index in [0.29, 0.717) is 0 Å². The minimum Gasteiger partial charge on any atom is -0.394 e. The first kappa shape index (κ1) is 10.1. The molecule has 5 heteroatoms. The summed E-state index contributed by atoms with van der Waals surface area (Å²) >= 11 is 0. The van der Waals surface area contributed by atoms with Crippen LogP contribution >= 0.6 is 0 Å². The second kappa shape index (κ2) is 4.94. The molecule has 0 amide bonds. The molecule has 3 N–H and O–H groups in total. The Morgan fingerprint density at radius 1 is 1.62 bits per heavy atom. The summed E-state index contributed by atoms with van der Waals surface area (Å²) in [6.45, 7) is 2.07. The monoisotopic (exact) mass is 184 g/mol. The summed E-state index contributed by atoms with van der Waals surface area (Å²) in [5.74, 6) is 0. The van der Waals surface area contributed by atoms with Crippen molar-refractivity contribution in [1.29, 1.82) is 0 Å². The van der Waals surface area contributed by atoms with Gasteiger partial charge in [0.25, 0.3) is 0 Å². The first-order chi connectivity index (χ1) is 6.29. The Kier molecular flexibility index (Phi) is 3.85. The van der Waals surface area contributed by atoms with Crippen molar-refractivity contribution in [3.8, 4) is 0 Å². The molecule has 0 aromatic carbocycles. The minimum atomic E-state index is -0.151. The van der Waals surface area contributed by atoms with Gasteiger partial charge in [0.2, 0.25) is 0 Å². The highest BCUT2D eigenvalue weighted by Crippen LogP contribution is 2.11. The predicted octanol–water partition coefficient (Wildman–Crippen LogP) is -0.0611. The van der Waals surface area contributed by atoms with Crippen molar-refractivity contribution < 1.29 is 5.11 Å². The van der Waals surface area contributed by atoms with Crippen LogP contribution in [0.5, 0.6) is 0 Å². The van der Waals surface area contributed by atoms with Gasteiger partial charge in [0.15, 0.2) is 0 Å². The molecule has 0 fully saturated rings. The largest absolute Gasteiger partial charge is 0.394 e. The van der Waals surface area contributed by atoms with Crippen LogP contribution in [-0.2, 0) is 0 Å². The average molecular weight is 184 g/mol. The van der Waals surface area contributed by atoms with Gasteiger partial charge in [-0.05, 0) is 6.42 Å². The van der Waals surface area contributed by atoms with Gasteiger partial charge < -0.3 is 10.8 Å². The SMILES string of the molecule is CCCC(N)C(CO)n1cncn1. The highest BCUT2D eigenvalue weighted by atomic mass is 16.3. The molecule has 0 spiro atoms. The van der Waals surface area contributed by atoms with Crippen molar-refractivity contribution in [2.75, 3.05) is 6.61 Å². The third kappa shape index (κ3) is 2.50. The molecular weight excluding hydrogens is 168 g/mol. The van der Waals surface area contributed by atoms with Crippen molar-refractivity contribution in [1.82, 2.24) is 14.8 Å². The Morgan fingerprint density at radius 3 is 2.85 bits per heavy atom. The van der Waals surface area contributed by atoms with E-state index in [2.05, 4.69) is 17.0 Å². The standard InChI is InChI=1S/C8H16N4O/c1-2-3-7(9)8(4-13)12-6-10-5-11-12/h5-8,13H,2-4,9H2,1H3. The smallest absolute Gasteiger partial charge is 0.137 e. The van der Waals surface area contributed by atoms with E-state index in [1.165, 1.54) is 6.33 Å². The van der Waals surface area contributed by atoms with E-state index in [1.807, 2.05) is 0 Å². The third-order valence-corrected chi connectivity index (χ3v) is 2.08. The van der Waals surface area contributed by atoms with Crippen molar-refractivity contribution in [3.05, 3.63) is 12.7 Å². The molecular formula is C8H16N4O. The summed E-state index contributed by atoms with van der Waals surface area (Å²) < 4.78 is 1.61. The van der Waals surface area contributed by atoms with Gasteiger partial charge in [-0.25, -0.2) is 9.67 Å². The van der Waals surface area contributed by atoms with Crippen LogP contribution in [0.25, 0.3) is 0 Å². The topological polar surface area (TPSA) is 77.0 Å². The number of aliphatic hydroxyl groups excluding tert-OH is 1. The molecule has 5 nitrogen and oxygen atoms in total. The molecule has 1 rings (SSSR count). The lowest BCUT2D eigenvalue weighted by molar-refractivity contribution is 0.192. The summed E-state index contributed by atoms with van der Waals surface area (Å²) in [4.78, 5) is 3.82. The molecule has 1 aromatic heterocycles. The zero-order valence-corrected chi connectivity index (χ0v) is 7.80. The molecule has 0 aliphatic carbocycles. The van der Waals surface area contributed by atoms with Crippen LogP contribution in [0, 0.1) is 0 Å². The molecule has 74 valence electrons. The summed E-state index contributed by atoms with van der Waals surface area (Å²) in [5, 5.41) is 13.1. The van der Waals surface area contributed by atoms with Crippen molar-refractivity contribution in [2.45, 2.75) is 31.8 Å². The maximum absolute atomic E-state index is 9.13. The van der Waals surface area contributed by atoms with Crippen molar-refractivity contribution in [2.24, 2.45) is 5.73 Å².